The number of aromatic nitrogens is 1. The van der Waals surface area contributed by atoms with Gasteiger partial charge >= 0.3 is 0 Å². The van der Waals surface area contributed by atoms with E-state index in [1.165, 1.54) is 12.1 Å². The van der Waals surface area contributed by atoms with Crippen LogP contribution in [0.15, 0.2) is 63.5 Å². The molecule has 0 aliphatic carbocycles. The third-order valence-electron chi connectivity index (χ3n) is 5.67. The molecule has 1 heterocycles. The van der Waals surface area contributed by atoms with Gasteiger partial charge in [-0.2, -0.15) is 13.7 Å². The van der Waals surface area contributed by atoms with Gasteiger partial charge in [0.15, 0.2) is 15.7 Å². The van der Waals surface area contributed by atoms with E-state index in [1.54, 1.807) is 38.3 Å². The fourth-order valence-electron chi connectivity index (χ4n) is 3.69. The van der Waals surface area contributed by atoms with Crippen molar-refractivity contribution >= 4 is 53.7 Å². The normalized spacial score (nSPS) is 11.9. The highest BCUT2D eigenvalue weighted by Gasteiger charge is 2.19. The third-order valence-corrected chi connectivity index (χ3v) is 7.87. The lowest BCUT2D eigenvalue weighted by Gasteiger charge is -2.15. The van der Waals surface area contributed by atoms with Crippen LogP contribution in [0.2, 0.25) is 0 Å². The first kappa shape index (κ1) is 29.7. The Morgan fingerprint density at radius 2 is 1.77 bits per heavy atom. The zero-order valence-electron chi connectivity index (χ0n) is 21.4. The maximum atomic E-state index is 11.8. The predicted octanol–water partition coefficient (Wildman–Crippen LogP) is 4.50. The molecule has 3 aromatic rings. The van der Waals surface area contributed by atoms with Crippen molar-refractivity contribution in [2.24, 2.45) is 10.2 Å². The highest BCUT2D eigenvalue weighted by atomic mass is 32.2. The first-order chi connectivity index (χ1) is 18.5. The van der Waals surface area contributed by atoms with Gasteiger partial charge in [-0.3, -0.25) is 4.55 Å². The lowest BCUT2D eigenvalue weighted by atomic mass is 10.1. The second-order valence-electron chi connectivity index (χ2n) is 8.31. The van der Waals surface area contributed by atoms with Crippen LogP contribution in [0.3, 0.4) is 0 Å². The van der Waals surface area contributed by atoms with Crippen LogP contribution in [0.1, 0.15) is 17.5 Å². The van der Waals surface area contributed by atoms with Crippen LogP contribution < -0.4 is 10.6 Å². The molecule has 0 aliphatic heterocycles. The number of hydrogen-bond acceptors (Lipinski definition) is 11. The van der Waals surface area contributed by atoms with Crippen molar-refractivity contribution in [3.8, 4) is 6.07 Å². The largest absolute Gasteiger partial charge is 0.385 e. The Bertz CT molecular complexity index is 1660. The monoisotopic (exact) mass is 572 g/mol. The van der Waals surface area contributed by atoms with Crippen molar-refractivity contribution < 1.29 is 26.1 Å². The van der Waals surface area contributed by atoms with Gasteiger partial charge in [0.1, 0.15) is 22.5 Å². The van der Waals surface area contributed by atoms with Gasteiger partial charge in [-0.25, -0.2) is 13.4 Å². The zero-order valence-corrected chi connectivity index (χ0v) is 23.0. The fourth-order valence-corrected chi connectivity index (χ4v) is 4.94. The van der Waals surface area contributed by atoms with E-state index in [9.17, 15) is 26.7 Å². The Labute approximate surface area is 227 Å². The number of nitrogens with zero attached hydrogens (tertiary/aromatic N) is 4. The van der Waals surface area contributed by atoms with Gasteiger partial charge in [0.05, 0.1) is 17.0 Å². The molecule has 3 N–H and O–H groups in total. The summed E-state index contributed by atoms with van der Waals surface area (Å²) in [5, 5.41) is 26.2. The Morgan fingerprint density at radius 1 is 1.08 bits per heavy atom. The molecule has 0 aliphatic rings. The van der Waals surface area contributed by atoms with Crippen molar-refractivity contribution in [2.75, 3.05) is 43.2 Å². The average molecular weight is 573 g/mol. The van der Waals surface area contributed by atoms with Crippen LogP contribution in [0.5, 0.6) is 0 Å². The second-order valence-corrected chi connectivity index (χ2v) is 11.8. The Kier molecular flexibility index (Phi) is 9.71. The second kappa shape index (κ2) is 12.8. The molecule has 0 bridgehead atoms. The van der Waals surface area contributed by atoms with Crippen LogP contribution in [0, 0.1) is 18.3 Å². The molecule has 0 fully saturated rings. The number of nitriles is 1. The van der Waals surface area contributed by atoms with Crippen molar-refractivity contribution in [2.45, 2.75) is 18.2 Å². The van der Waals surface area contributed by atoms with E-state index >= 15 is 0 Å². The standard InChI is InChI=1S/C25H28N6O6S2/c1-4-38(32,33)15-13-28-24-20(16-26)17(2)23(25(29-24)27-12-7-14-37-3)31-30-21-10-11-22(39(34,35)36)19-9-6-5-8-18(19)21/h4-6,8-11H,1,7,12-15H2,2-3H3,(H2,27,28,29)(H,34,35,36). The van der Waals surface area contributed by atoms with E-state index < -0.39 is 20.0 Å². The van der Waals surface area contributed by atoms with Crippen molar-refractivity contribution in [1.29, 1.82) is 5.26 Å². The van der Waals surface area contributed by atoms with Gasteiger partial charge in [0.25, 0.3) is 10.1 Å². The smallest absolute Gasteiger partial charge is 0.295 e. The topological polar surface area (TPSA) is 183 Å². The van der Waals surface area contributed by atoms with E-state index in [-0.39, 0.29) is 39.6 Å². The summed E-state index contributed by atoms with van der Waals surface area (Å²) in [4.78, 5) is 4.24. The summed E-state index contributed by atoms with van der Waals surface area (Å²) in [7, 11) is -6.33. The number of hydrogen-bond donors (Lipinski definition) is 3. The quantitative estimate of drug-likeness (QED) is 0.150. The fraction of sp³-hybridized carbons (Fsp3) is 0.280. The van der Waals surface area contributed by atoms with Gasteiger partial charge in [0.2, 0.25) is 0 Å². The molecular formula is C25H28N6O6S2. The summed E-state index contributed by atoms with van der Waals surface area (Å²) < 4.78 is 61.9. The van der Waals surface area contributed by atoms with E-state index in [2.05, 4.69) is 38.5 Å². The molecule has 0 saturated carbocycles. The molecule has 2 aromatic carbocycles. The lowest BCUT2D eigenvalue weighted by molar-refractivity contribution is 0.198. The molecule has 0 saturated heterocycles. The number of benzene rings is 2. The third kappa shape index (κ3) is 7.36. The molecule has 39 heavy (non-hydrogen) atoms. The van der Waals surface area contributed by atoms with Crippen LogP contribution in [-0.2, 0) is 24.7 Å². The van der Waals surface area contributed by atoms with Crippen LogP contribution in [0.25, 0.3) is 10.8 Å². The highest BCUT2D eigenvalue weighted by molar-refractivity contribution is 7.94. The summed E-state index contributed by atoms with van der Waals surface area (Å²) in [6.45, 7) is 5.92. The Morgan fingerprint density at radius 3 is 2.41 bits per heavy atom. The molecule has 0 amide bonds. The minimum Gasteiger partial charge on any atom is -0.385 e. The first-order valence-corrected chi connectivity index (χ1v) is 14.9. The average Bonchev–Trinajstić information content (AvgIpc) is 2.90. The molecule has 14 heteroatoms. The first-order valence-electron chi connectivity index (χ1n) is 11.7. The van der Waals surface area contributed by atoms with Crippen molar-refractivity contribution in [3.05, 3.63) is 59.5 Å². The van der Waals surface area contributed by atoms with Gasteiger partial charge in [0, 0.05) is 48.6 Å². The molecule has 0 spiro atoms. The minimum atomic E-state index is -4.46. The SMILES string of the molecule is C=CS(=O)(=O)CCNc1nc(NCCCOC)c(N=Nc2ccc(S(=O)(=O)O)c3ccccc23)c(C)c1C#N. The number of nitrogens with one attached hydrogen (secondary N) is 2. The van der Waals surface area contributed by atoms with Gasteiger partial charge in [-0.15, -0.1) is 10.2 Å². The van der Waals surface area contributed by atoms with Gasteiger partial charge in [-0.05, 0) is 25.5 Å². The van der Waals surface area contributed by atoms with E-state index in [0.29, 0.717) is 42.0 Å². The number of fused-ring (bicyclic) bond motifs is 1. The molecule has 12 nitrogen and oxygen atoms in total. The van der Waals surface area contributed by atoms with Crippen LogP contribution >= 0.6 is 0 Å². The van der Waals surface area contributed by atoms with Crippen molar-refractivity contribution in [3.63, 3.8) is 0 Å². The number of sulfone groups is 1. The number of ether oxygens (including phenoxy) is 1. The van der Waals surface area contributed by atoms with E-state index in [4.69, 9.17) is 4.74 Å². The summed E-state index contributed by atoms with van der Waals surface area (Å²) in [6, 6.07) is 11.3. The maximum absolute atomic E-state index is 11.8. The summed E-state index contributed by atoms with van der Waals surface area (Å²) >= 11 is 0. The van der Waals surface area contributed by atoms with Crippen molar-refractivity contribution in [1.82, 2.24) is 4.98 Å². The van der Waals surface area contributed by atoms with Crippen LogP contribution in [-0.4, -0.2) is 58.9 Å². The van der Waals surface area contributed by atoms with Gasteiger partial charge < -0.3 is 15.4 Å². The summed E-state index contributed by atoms with van der Waals surface area (Å²) in [5.41, 5.74) is 1.21. The highest BCUT2D eigenvalue weighted by Crippen LogP contribution is 2.37. The summed E-state index contributed by atoms with van der Waals surface area (Å²) in [5.74, 6) is 0.261. The molecule has 206 valence electrons. The summed E-state index contributed by atoms with van der Waals surface area (Å²) in [6.07, 6.45) is 0.649. The molecular weight excluding hydrogens is 544 g/mol. The number of rotatable bonds is 13. The minimum absolute atomic E-state index is 0.00551. The zero-order chi connectivity index (χ0) is 28.6. The van der Waals surface area contributed by atoms with Gasteiger partial charge in [-0.1, -0.05) is 30.8 Å². The molecule has 3 rings (SSSR count). The molecule has 0 unspecified atom stereocenters. The van der Waals surface area contributed by atoms with E-state index in [1.807, 2.05) is 0 Å². The maximum Gasteiger partial charge on any atom is 0.295 e. The number of pyridine rings is 1. The Balaban J connectivity index is 2.08. The number of methoxy groups -OCH3 is 1. The molecule has 0 radical (unpaired) electrons. The molecule has 1 aromatic heterocycles. The predicted molar refractivity (Wildman–Crippen MR) is 149 cm³/mol. The number of azo groups is 1. The molecule has 0 atom stereocenters. The Hall–Kier alpha value is -3.90. The van der Waals surface area contributed by atoms with E-state index in [0.717, 1.165) is 5.41 Å². The van der Waals surface area contributed by atoms with Crippen LogP contribution in [0.4, 0.5) is 23.0 Å². The number of anilines is 2. The lowest BCUT2D eigenvalue weighted by Crippen LogP contribution is -2.16.